The second-order valence-corrected chi connectivity index (χ2v) is 7.24. The highest BCUT2D eigenvalue weighted by Gasteiger charge is 2.24. The molecule has 2 heterocycles. The average Bonchev–Trinajstić information content (AvgIpc) is 2.79. The molecule has 1 unspecified atom stereocenters. The van der Waals surface area contributed by atoms with Crippen LogP contribution >= 0.6 is 0 Å². The lowest BCUT2D eigenvalue weighted by Crippen LogP contribution is -2.45. The van der Waals surface area contributed by atoms with Crippen LogP contribution < -0.4 is 14.8 Å². The third-order valence-corrected chi connectivity index (χ3v) is 5.27. The third kappa shape index (κ3) is 4.94. The van der Waals surface area contributed by atoms with Crippen LogP contribution in [-0.4, -0.2) is 36.6 Å². The standard InChI is InChI=1S/C24H27N3O2/c1-28-23-10-9-20(14-24(23)29-18-19-6-3-2-4-7-19)17-27-13-12-26-16-22(27)21-8-5-11-25-15-21/h2-11,14-15,22,26H,12-13,16-18H2,1H3. The number of piperazine rings is 1. The Kier molecular flexibility index (Phi) is 6.39. The summed E-state index contributed by atoms with van der Waals surface area (Å²) < 4.78 is 11.6. The highest BCUT2D eigenvalue weighted by Crippen LogP contribution is 2.31. The molecule has 3 aromatic rings. The molecule has 1 aliphatic rings. The first-order chi connectivity index (χ1) is 14.3. The summed E-state index contributed by atoms with van der Waals surface area (Å²) in [5, 5.41) is 3.50. The number of methoxy groups -OCH3 is 1. The smallest absolute Gasteiger partial charge is 0.161 e. The predicted octanol–water partition coefficient (Wildman–Crippen LogP) is 3.82. The summed E-state index contributed by atoms with van der Waals surface area (Å²) in [6.07, 6.45) is 3.79. The number of hydrogen-bond donors (Lipinski definition) is 1. The van der Waals surface area contributed by atoms with E-state index in [1.807, 2.05) is 42.7 Å². The van der Waals surface area contributed by atoms with Gasteiger partial charge in [0.2, 0.25) is 0 Å². The molecular formula is C24H27N3O2. The normalized spacial score (nSPS) is 17.1. The molecule has 0 bridgehead atoms. The second-order valence-electron chi connectivity index (χ2n) is 7.24. The molecule has 4 rings (SSSR count). The molecule has 5 nitrogen and oxygen atoms in total. The molecule has 1 N–H and O–H groups in total. The van der Waals surface area contributed by atoms with Gasteiger partial charge in [0.15, 0.2) is 11.5 Å². The van der Waals surface area contributed by atoms with Crippen molar-refractivity contribution in [3.05, 3.63) is 89.7 Å². The zero-order chi connectivity index (χ0) is 19.9. The van der Waals surface area contributed by atoms with Crippen LogP contribution in [0.3, 0.4) is 0 Å². The minimum Gasteiger partial charge on any atom is -0.493 e. The van der Waals surface area contributed by atoms with E-state index >= 15 is 0 Å². The van der Waals surface area contributed by atoms with Crippen LogP contribution in [0, 0.1) is 0 Å². The summed E-state index contributed by atoms with van der Waals surface area (Å²) in [6, 6.07) is 20.9. The minimum atomic E-state index is 0.313. The Morgan fingerprint density at radius 3 is 2.72 bits per heavy atom. The third-order valence-electron chi connectivity index (χ3n) is 5.27. The van der Waals surface area contributed by atoms with Crippen LogP contribution in [0.4, 0.5) is 0 Å². The van der Waals surface area contributed by atoms with Crippen molar-refractivity contribution in [2.24, 2.45) is 0 Å². The maximum absolute atomic E-state index is 6.09. The van der Waals surface area contributed by atoms with Crippen molar-refractivity contribution in [1.29, 1.82) is 0 Å². The van der Waals surface area contributed by atoms with Crippen molar-refractivity contribution in [2.45, 2.75) is 19.2 Å². The van der Waals surface area contributed by atoms with Gasteiger partial charge in [-0.25, -0.2) is 0 Å². The van der Waals surface area contributed by atoms with Gasteiger partial charge >= 0.3 is 0 Å². The number of nitrogens with one attached hydrogen (secondary N) is 1. The zero-order valence-electron chi connectivity index (χ0n) is 16.8. The minimum absolute atomic E-state index is 0.313. The quantitative estimate of drug-likeness (QED) is 0.666. The molecule has 1 saturated heterocycles. The van der Waals surface area contributed by atoms with Gasteiger partial charge in [-0.15, -0.1) is 0 Å². The summed E-state index contributed by atoms with van der Waals surface area (Å²) >= 11 is 0. The molecule has 0 saturated carbocycles. The highest BCUT2D eigenvalue weighted by atomic mass is 16.5. The van der Waals surface area contributed by atoms with Gasteiger partial charge in [-0.3, -0.25) is 9.88 Å². The molecular weight excluding hydrogens is 362 g/mol. The van der Waals surface area contributed by atoms with E-state index in [0.717, 1.165) is 43.2 Å². The molecule has 1 atom stereocenters. The van der Waals surface area contributed by atoms with Gasteiger partial charge in [-0.1, -0.05) is 42.5 Å². The van der Waals surface area contributed by atoms with Crippen LogP contribution in [0.1, 0.15) is 22.7 Å². The Morgan fingerprint density at radius 2 is 1.93 bits per heavy atom. The van der Waals surface area contributed by atoms with Crippen molar-refractivity contribution in [1.82, 2.24) is 15.2 Å². The molecule has 0 radical (unpaired) electrons. The van der Waals surface area contributed by atoms with Crippen LogP contribution in [0.2, 0.25) is 0 Å². The second kappa shape index (κ2) is 9.54. The van der Waals surface area contributed by atoms with E-state index in [2.05, 4.69) is 45.5 Å². The molecule has 1 aliphatic heterocycles. The number of ether oxygens (including phenoxy) is 2. The van der Waals surface area contributed by atoms with E-state index < -0.39 is 0 Å². The molecule has 1 fully saturated rings. The molecule has 0 spiro atoms. The summed E-state index contributed by atoms with van der Waals surface area (Å²) in [6.45, 7) is 4.29. The van der Waals surface area contributed by atoms with E-state index in [9.17, 15) is 0 Å². The Morgan fingerprint density at radius 1 is 1.03 bits per heavy atom. The Hall–Kier alpha value is -2.89. The molecule has 150 valence electrons. The van der Waals surface area contributed by atoms with E-state index in [4.69, 9.17) is 9.47 Å². The Bertz CT molecular complexity index is 903. The highest BCUT2D eigenvalue weighted by molar-refractivity contribution is 5.43. The van der Waals surface area contributed by atoms with Gasteiger partial charge < -0.3 is 14.8 Å². The lowest BCUT2D eigenvalue weighted by atomic mass is 10.0. The van der Waals surface area contributed by atoms with Crippen molar-refractivity contribution in [3.8, 4) is 11.5 Å². The van der Waals surface area contributed by atoms with Crippen molar-refractivity contribution < 1.29 is 9.47 Å². The van der Waals surface area contributed by atoms with E-state index in [1.165, 1.54) is 11.1 Å². The molecule has 29 heavy (non-hydrogen) atoms. The molecule has 5 heteroatoms. The van der Waals surface area contributed by atoms with Crippen LogP contribution in [-0.2, 0) is 13.2 Å². The Balaban J connectivity index is 1.50. The van der Waals surface area contributed by atoms with Gasteiger partial charge in [-0.05, 0) is 34.9 Å². The number of aromatic nitrogens is 1. The molecule has 0 aliphatic carbocycles. The van der Waals surface area contributed by atoms with Gasteiger partial charge in [0.05, 0.1) is 7.11 Å². The number of nitrogens with zero attached hydrogens (tertiary/aromatic N) is 2. The number of benzene rings is 2. The van der Waals surface area contributed by atoms with Crippen LogP contribution in [0.5, 0.6) is 11.5 Å². The summed E-state index contributed by atoms with van der Waals surface area (Å²) in [7, 11) is 1.68. The summed E-state index contributed by atoms with van der Waals surface area (Å²) in [5.41, 5.74) is 3.59. The van der Waals surface area contributed by atoms with Crippen LogP contribution in [0.25, 0.3) is 0 Å². The first-order valence-electron chi connectivity index (χ1n) is 10.0. The predicted molar refractivity (Wildman–Crippen MR) is 114 cm³/mol. The van der Waals surface area contributed by atoms with Gasteiger partial charge in [0.25, 0.3) is 0 Å². The maximum atomic E-state index is 6.09. The summed E-state index contributed by atoms with van der Waals surface area (Å²) in [4.78, 5) is 6.80. The zero-order valence-corrected chi connectivity index (χ0v) is 16.8. The monoisotopic (exact) mass is 389 g/mol. The van der Waals surface area contributed by atoms with E-state index in [0.29, 0.717) is 12.6 Å². The molecule has 2 aromatic carbocycles. The van der Waals surface area contributed by atoms with Gasteiger partial charge in [0.1, 0.15) is 6.61 Å². The number of hydrogen-bond acceptors (Lipinski definition) is 5. The SMILES string of the molecule is COc1ccc(CN2CCNCC2c2cccnc2)cc1OCc1ccccc1. The molecule has 0 amide bonds. The van der Waals surface area contributed by atoms with Crippen molar-refractivity contribution >= 4 is 0 Å². The lowest BCUT2D eigenvalue weighted by molar-refractivity contribution is 0.153. The summed E-state index contributed by atoms with van der Waals surface area (Å²) in [5.74, 6) is 1.54. The Labute approximate surface area is 172 Å². The fourth-order valence-corrected chi connectivity index (χ4v) is 3.74. The van der Waals surface area contributed by atoms with E-state index in [1.54, 1.807) is 7.11 Å². The van der Waals surface area contributed by atoms with Crippen molar-refractivity contribution in [2.75, 3.05) is 26.7 Å². The van der Waals surface area contributed by atoms with E-state index in [-0.39, 0.29) is 0 Å². The lowest BCUT2D eigenvalue weighted by Gasteiger charge is -2.36. The van der Waals surface area contributed by atoms with Gasteiger partial charge in [0, 0.05) is 44.6 Å². The molecule has 1 aromatic heterocycles. The number of rotatable bonds is 7. The largest absolute Gasteiger partial charge is 0.493 e. The first-order valence-corrected chi connectivity index (χ1v) is 10.0. The first kappa shape index (κ1) is 19.4. The number of pyridine rings is 1. The topological polar surface area (TPSA) is 46.6 Å². The average molecular weight is 389 g/mol. The fraction of sp³-hybridized carbons (Fsp3) is 0.292. The van der Waals surface area contributed by atoms with Crippen molar-refractivity contribution in [3.63, 3.8) is 0 Å². The van der Waals surface area contributed by atoms with Crippen LogP contribution in [0.15, 0.2) is 73.1 Å². The fourth-order valence-electron chi connectivity index (χ4n) is 3.74. The maximum Gasteiger partial charge on any atom is 0.161 e. The van der Waals surface area contributed by atoms with Gasteiger partial charge in [-0.2, -0.15) is 0 Å².